The second-order valence-electron chi connectivity index (χ2n) is 6.47. The van der Waals surface area contributed by atoms with Crippen LogP contribution in [0.4, 0.5) is 4.79 Å². The molecule has 0 unspecified atom stereocenters. The van der Waals surface area contributed by atoms with E-state index < -0.39 is 24.5 Å². The Hall–Kier alpha value is -2.67. The summed E-state index contributed by atoms with van der Waals surface area (Å²) in [5.41, 5.74) is 0.933. The quantitative estimate of drug-likeness (QED) is 0.618. The molecule has 0 aliphatic heterocycles. The van der Waals surface area contributed by atoms with E-state index in [-0.39, 0.29) is 11.6 Å². The number of halogens is 1. The highest BCUT2D eigenvalue weighted by molar-refractivity contribution is 6.29. The van der Waals surface area contributed by atoms with Crippen molar-refractivity contribution in [1.29, 1.82) is 0 Å². The number of carbonyl (C=O) groups excluding carboxylic acids is 3. The van der Waals surface area contributed by atoms with Crippen molar-refractivity contribution in [3.05, 3.63) is 41.0 Å². The summed E-state index contributed by atoms with van der Waals surface area (Å²) in [6, 6.07) is 7.69. The van der Waals surface area contributed by atoms with Gasteiger partial charge in [-0.15, -0.1) is 0 Å². The highest BCUT2D eigenvalue weighted by Gasteiger charge is 2.18. The van der Waals surface area contributed by atoms with Gasteiger partial charge in [0.2, 0.25) is 0 Å². The van der Waals surface area contributed by atoms with Crippen molar-refractivity contribution in [2.75, 3.05) is 6.61 Å². The number of carbonyl (C=O) groups is 3. The summed E-state index contributed by atoms with van der Waals surface area (Å²) in [5.74, 6) is -1.33. The fourth-order valence-corrected chi connectivity index (χ4v) is 3.23. The number of hydrogen-bond acceptors (Lipinski definition) is 5. The van der Waals surface area contributed by atoms with Gasteiger partial charge in [-0.25, -0.2) is 14.6 Å². The van der Waals surface area contributed by atoms with Gasteiger partial charge >= 0.3 is 12.0 Å². The molecule has 1 heterocycles. The number of fused-ring (bicyclic) bond motifs is 1. The number of amides is 3. The summed E-state index contributed by atoms with van der Waals surface area (Å²) in [6.45, 7) is -0.534. The third kappa shape index (κ3) is 5.40. The van der Waals surface area contributed by atoms with Gasteiger partial charge in [-0.2, -0.15) is 0 Å². The molecular weight excluding hydrogens is 370 g/mol. The van der Waals surface area contributed by atoms with Crippen molar-refractivity contribution in [2.45, 2.75) is 38.1 Å². The first kappa shape index (κ1) is 19.1. The predicted octanol–water partition coefficient (Wildman–Crippen LogP) is 3.20. The number of rotatable bonds is 4. The van der Waals surface area contributed by atoms with E-state index in [1.807, 2.05) is 0 Å². The Kier molecular flexibility index (Phi) is 6.24. The highest BCUT2D eigenvalue weighted by Crippen LogP contribution is 2.18. The molecule has 8 heteroatoms. The number of urea groups is 1. The first-order chi connectivity index (χ1) is 13.0. The fourth-order valence-electron chi connectivity index (χ4n) is 3.07. The minimum absolute atomic E-state index is 0.0915. The predicted molar refractivity (Wildman–Crippen MR) is 101 cm³/mol. The van der Waals surface area contributed by atoms with Crippen LogP contribution in [0.25, 0.3) is 10.9 Å². The molecule has 1 aromatic heterocycles. The third-order valence-corrected chi connectivity index (χ3v) is 4.63. The molecule has 0 atom stereocenters. The lowest BCUT2D eigenvalue weighted by molar-refractivity contribution is -0.123. The van der Waals surface area contributed by atoms with E-state index in [1.165, 1.54) is 6.42 Å². The van der Waals surface area contributed by atoms with Crippen molar-refractivity contribution in [1.82, 2.24) is 15.6 Å². The number of imide groups is 1. The zero-order chi connectivity index (χ0) is 19.2. The molecule has 0 saturated heterocycles. The van der Waals surface area contributed by atoms with Gasteiger partial charge in [0.15, 0.2) is 6.61 Å². The molecular formula is C19H20ClN3O4. The van der Waals surface area contributed by atoms with Gasteiger partial charge in [0, 0.05) is 11.4 Å². The molecule has 1 aliphatic carbocycles. The number of nitrogens with one attached hydrogen (secondary N) is 2. The second kappa shape index (κ2) is 8.81. The van der Waals surface area contributed by atoms with Gasteiger partial charge in [0.25, 0.3) is 5.91 Å². The van der Waals surface area contributed by atoms with Crippen molar-refractivity contribution >= 4 is 40.4 Å². The molecule has 27 heavy (non-hydrogen) atoms. The van der Waals surface area contributed by atoms with Crippen LogP contribution in [-0.4, -0.2) is 35.5 Å². The maximum Gasteiger partial charge on any atom is 0.338 e. The Morgan fingerprint density at radius 2 is 1.89 bits per heavy atom. The van der Waals surface area contributed by atoms with Crippen molar-refractivity contribution in [2.24, 2.45) is 0 Å². The van der Waals surface area contributed by atoms with E-state index in [0.717, 1.165) is 31.1 Å². The summed E-state index contributed by atoms with van der Waals surface area (Å²) in [7, 11) is 0. The van der Waals surface area contributed by atoms with Gasteiger partial charge in [-0.1, -0.05) is 30.9 Å². The molecule has 1 saturated carbocycles. The molecule has 142 valence electrons. The Labute approximate surface area is 161 Å². The molecule has 2 N–H and O–H groups in total. The van der Waals surface area contributed by atoms with Crippen LogP contribution in [0, 0.1) is 0 Å². The molecule has 1 fully saturated rings. The standard InChI is InChI=1S/C19H20ClN3O4/c20-16-9-7-12-10-13(6-8-15(12)22-16)18(25)27-11-17(24)23-19(26)21-14-4-2-1-3-5-14/h6-10,14H,1-5,11H2,(H2,21,23,24,26). The number of hydrogen-bond donors (Lipinski definition) is 2. The van der Waals surface area contributed by atoms with Gasteiger partial charge in [0.1, 0.15) is 5.15 Å². The van der Waals surface area contributed by atoms with Crippen molar-refractivity contribution < 1.29 is 19.1 Å². The average Bonchev–Trinajstić information content (AvgIpc) is 2.66. The maximum absolute atomic E-state index is 12.1. The van der Waals surface area contributed by atoms with Gasteiger partial charge in [-0.3, -0.25) is 10.1 Å². The average molecular weight is 390 g/mol. The largest absolute Gasteiger partial charge is 0.452 e. The molecule has 0 spiro atoms. The van der Waals surface area contributed by atoms with Crippen LogP contribution in [0.3, 0.4) is 0 Å². The van der Waals surface area contributed by atoms with E-state index >= 15 is 0 Å². The summed E-state index contributed by atoms with van der Waals surface area (Å²) in [4.78, 5) is 39.9. The van der Waals surface area contributed by atoms with Crippen LogP contribution in [-0.2, 0) is 9.53 Å². The van der Waals surface area contributed by atoms with Crippen molar-refractivity contribution in [3.8, 4) is 0 Å². The smallest absolute Gasteiger partial charge is 0.338 e. The summed E-state index contributed by atoms with van der Waals surface area (Å²) in [5, 5.41) is 6.03. The molecule has 3 rings (SSSR count). The number of pyridine rings is 1. The van der Waals surface area contributed by atoms with Crippen LogP contribution in [0.1, 0.15) is 42.5 Å². The third-order valence-electron chi connectivity index (χ3n) is 4.42. The number of aromatic nitrogens is 1. The summed E-state index contributed by atoms with van der Waals surface area (Å²) in [6.07, 6.45) is 5.15. The molecule has 7 nitrogen and oxygen atoms in total. The van der Waals surface area contributed by atoms with Crippen LogP contribution >= 0.6 is 11.6 Å². The van der Waals surface area contributed by atoms with E-state index in [4.69, 9.17) is 16.3 Å². The van der Waals surface area contributed by atoms with Gasteiger partial charge in [-0.05, 0) is 43.2 Å². The molecule has 3 amide bonds. The number of esters is 1. The lowest BCUT2D eigenvalue weighted by Crippen LogP contribution is -2.46. The zero-order valence-corrected chi connectivity index (χ0v) is 15.4. The van der Waals surface area contributed by atoms with Crippen LogP contribution < -0.4 is 10.6 Å². The normalized spacial score (nSPS) is 14.6. The first-order valence-electron chi connectivity index (χ1n) is 8.85. The Morgan fingerprint density at radius 1 is 1.11 bits per heavy atom. The lowest BCUT2D eigenvalue weighted by atomic mass is 9.96. The molecule has 1 aliphatic rings. The van der Waals surface area contributed by atoms with Crippen LogP contribution in [0.5, 0.6) is 0 Å². The topological polar surface area (TPSA) is 97.4 Å². The summed E-state index contributed by atoms with van der Waals surface area (Å²) >= 11 is 5.83. The van der Waals surface area contributed by atoms with E-state index in [9.17, 15) is 14.4 Å². The van der Waals surface area contributed by atoms with E-state index in [0.29, 0.717) is 10.7 Å². The van der Waals surface area contributed by atoms with E-state index in [1.54, 1.807) is 30.3 Å². The molecule has 0 bridgehead atoms. The molecule has 2 aromatic rings. The molecule has 1 aromatic carbocycles. The van der Waals surface area contributed by atoms with Gasteiger partial charge < -0.3 is 10.1 Å². The van der Waals surface area contributed by atoms with E-state index in [2.05, 4.69) is 15.6 Å². The monoisotopic (exact) mass is 389 g/mol. The number of benzene rings is 1. The number of nitrogens with zero attached hydrogens (tertiary/aromatic N) is 1. The minimum Gasteiger partial charge on any atom is -0.452 e. The summed E-state index contributed by atoms with van der Waals surface area (Å²) < 4.78 is 4.98. The number of ether oxygens (including phenoxy) is 1. The second-order valence-corrected chi connectivity index (χ2v) is 6.86. The highest BCUT2D eigenvalue weighted by atomic mass is 35.5. The minimum atomic E-state index is -0.675. The Bertz CT molecular complexity index is 865. The first-order valence-corrected chi connectivity index (χ1v) is 9.23. The lowest BCUT2D eigenvalue weighted by Gasteiger charge is -2.22. The van der Waals surface area contributed by atoms with Crippen LogP contribution in [0.2, 0.25) is 5.15 Å². The molecule has 0 radical (unpaired) electrons. The van der Waals surface area contributed by atoms with Crippen molar-refractivity contribution in [3.63, 3.8) is 0 Å². The SMILES string of the molecule is O=C(COC(=O)c1ccc2nc(Cl)ccc2c1)NC(=O)NC1CCCCC1. The van der Waals surface area contributed by atoms with Crippen LogP contribution in [0.15, 0.2) is 30.3 Å². The zero-order valence-electron chi connectivity index (χ0n) is 14.7. The van der Waals surface area contributed by atoms with Gasteiger partial charge in [0.05, 0.1) is 11.1 Å². The Balaban J connectivity index is 1.48. The maximum atomic E-state index is 12.1. The Morgan fingerprint density at radius 3 is 2.67 bits per heavy atom. The fraction of sp³-hybridized carbons (Fsp3) is 0.368.